The Hall–Kier alpha value is -3.63. The Labute approximate surface area is 179 Å². The molecule has 0 saturated carbocycles. The molecule has 0 aliphatic carbocycles. The highest BCUT2D eigenvalue weighted by Crippen LogP contribution is 2.22. The topological polar surface area (TPSA) is 110 Å². The molecule has 4 rings (SSSR count). The summed E-state index contributed by atoms with van der Waals surface area (Å²) < 4.78 is 27.1. The second-order valence-electron chi connectivity index (χ2n) is 7.08. The van der Waals surface area contributed by atoms with Gasteiger partial charge in [-0.3, -0.25) is 4.79 Å². The van der Waals surface area contributed by atoms with E-state index in [0.717, 1.165) is 9.87 Å². The molecule has 2 heterocycles. The maximum absolute atomic E-state index is 12.6. The molecular weight excluding hydrogens is 416 g/mol. The average molecular weight is 436 g/mol. The number of nitrogens with zero attached hydrogens (tertiary/aromatic N) is 5. The monoisotopic (exact) mass is 436 g/mol. The third-order valence-electron chi connectivity index (χ3n) is 4.73. The number of nitrogens with one attached hydrogen (secondary N) is 1. The van der Waals surface area contributed by atoms with E-state index in [0.29, 0.717) is 28.4 Å². The first-order chi connectivity index (χ1) is 14.8. The summed E-state index contributed by atoms with van der Waals surface area (Å²) in [6, 6.07) is 16.8. The van der Waals surface area contributed by atoms with E-state index in [1.54, 1.807) is 10.6 Å². The van der Waals surface area contributed by atoms with Gasteiger partial charge in [0.05, 0.1) is 10.6 Å². The predicted molar refractivity (Wildman–Crippen MR) is 116 cm³/mol. The molecule has 0 saturated heterocycles. The molecule has 1 N–H and O–H groups in total. The average Bonchev–Trinajstić information content (AvgIpc) is 3.14. The van der Waals surface area contributed by atoms with Gasteiger partial charge in [0.15, 0.2) is 11.5 Å². The minimum Gasteiger partial charge on any atom is -0.322 e. The van der Waals surface area contributed by atoms with Crippen molar-refractivity contribution in [2.45, 2.75) is 11.8 Å². The van der Waals surface area contributed by atoms with Crippen LogP contribution in [-0.4, -0.2) is 52.5 Å². The zero-order valence-corrected chi connectivity index (χ0v) is 18.0. The second-order valence-corrected chi connectivity index (χ2v) is 9.23. The number of rotatable bonds is 5. The first-order valence-corrected chi connectivity index (χ1v) is 10.8. The van der Waals surface area contributed by atoms with Gasteiger partial charge in [0.1, 0.15) is 0 Å². The molecule has 4 aromatic rings. The lowest BCUT2D eigenvalue weighted by Gasteiger charge is -2.12. The van der Waals surface area contributed by atoms with Crippen LogP contribution in [0.2, 0.25) is 0 Å². The summed E-state index contributed by atoms with van der Waals surface area (Å²) in [4.78, 5) is 12.8. The summed E-state index contributed by atoms with van der Waals surface area (Å²) in [6.45, 7) is 1.82. The van der Waals surface area contributed by atoms with Gasteiger partial charge in [-0.15, -0.1) is 10.2 Å². The Kier molecular flexibility index (Phi) is 5.25. The van der Waals surface area contributed by atoms with Gasteiger partial charge in [0.2, 0.25) is 10.0 Å². The summed E-state index contributed by atoms with van der Waals surface area (Å²) in [6.07, 6.45) is 0. The van der Waals surface area contributed by atoms with Crippen LogP contribution in [0.5, 0.6) is 0 Å². The maximum Gasteiger partial charge on any atom is 0.255 e. The van der Waals surface area contributed by atoms with E-state index in [1.807, 2.05) is 37.3 Å². The molecule has 2 aromatic heterocycles. The number of aromatic nitrogens is 4. The minimum atomic E-state index is -3.55. The summed E-state index contributed by atoms with van der Waals surface area (Å²) in [5.41, 5.74) is 3.13. The van der Waals surface area contributed by atoms with Crippen molar-refractivity contribution >= 4 is 27.3 Å². The van der Waals surface area contributed by atoms with Crippen molar-refractivity contribution in [3.8, 4) is 11.3 Å². The van der Waals surface area contributed by atoms with Crippen LogP contribution < -0.4 is 5.32 Å². The summed E-state index contributed by atoms with van der Waals surface area (Å²) >= 11 is 0. The highest BCUT2D eigenvalue weighted by molar-refractivity contribution is 7.89. The largest absolute Gasteiger partial charge is 0.322 e. The maximum atomic E-state index is 12.6. The van der Waals surface area contributed by atoms with E-state index in [9.17, 15) is 13.2 Å². The summed E-state index contributed by atoms with van der Waals surface area (Å²) in [7, 11) is -0.628. The molecule has 0 fully saturated rings. The zero-order chi connectivity index (χ0) is 22.2. The van der Waals surface area contributed by atoms with Crippen molar-refractivity contribution in [1.29, 1.82) is 0 Å². The number of fused-ring (bicyclic) bond motifs is 1. The number of carbonyl (C=O) groups is 1. The van der Waals surface area contributed by atoms with Crippen molar-refractivity contribution in [2.24, 2.45) is 0 Å². The lowest BCUT2D eigenvalue weighted by atomic mass is 10.1. The van der Waals surface area contributed by atoms with Crippen LogP contribution in [0.1, 0.15) is 16.2 Å². The van der Waals surface area contributed by atoms with E-state index in [-0.39, 0.29) is 10.8 Å². The minimum absolute atomic E-state index is 0.127. The molecule has 0 unspecified atom stereocenters. The number of aryl methyl sites for hydroxylation is 1. The molecule has 31 heavy (non-hydrogen) atoms. The first kappa shape index (κ1) is 20.6. The number of hydrogen-bond donors (Lipinski definition) is 1. The smallest absolute Gasteiger partial charge is 0.255 e. The highest BCUT2D eigenvalue weighted by atomic mass is 32.2. The standard InChI is InChI=1S/C21H20N6O3S/c1-14-23-24-20-12-11-19(25-27(14)20)16-5-4-6-17(13-16)22-21(28)15-7-9-18(10-8-15)31(29,30)26(2)3/h4-13H,1-3H3,(H,22,28). The van der Waals surface area contributed by atoms with Crippen LogP contribution >= 0.6 is 0 Å². The Bertz CT molecular complexity index is 1380. The van der Waals surface area contributed by atoms with Crippen LogP contribution in [0.4, 0.5) is 5.69 Å². The van der Waals surface area contributed by atoms with Gasteiger partial charge in [0, 0.05) is 30.9 Å². The van der Waals surface area contributed by atoms with Gasteiger partial charge in [-0.25, -0.2) is 12.7 Å². The fraction of sp³-hybridized carbons (Fsp3) is 0.143. The van der Waals surface area contributed by atoms with Gasteiger partial charge < -0.3 is 5.32 Å². The number of carbonyl (C=O) groups excluding carboxylic acids is 1. The number of sulfonamides is 1. The molecule has 0 spiro atoms. The molecule has 9 nitrogen and oxygen atoms in total. The molecule has 158 valence electrons. The predicted octanol–water partition coefficient (Wildman–Crippen LogP) is 2.60. The number of anilines is 1. The van der Waals surface area contributed by atoms with Crippen molar-refractivity contribution in [3.63, 3.8) is 0 Å². The Balaban J connectivity index is 1.56. The molecule has 0 radical (unpaired) electrons. The summed E-state index contributed by atoms with van der Waals surface area (Å²) in [5.74, 6) is 0.338. The van der Waals surface area contributed by atoms with E-state index in [2.05, 4.69) is 20.6 Å². The van der Waals surface area contributed by atoms with Crippen LogP contribution in [0.3, 0.4) is 0 Å². The van der Waals surface area contributed by atoms with Crippen LogP contribution in [0.15, 0.2) is 65.6 Å². The fourth-order valence-electron chi connectivity index (χ4n) is 3.00. The Morgan fingerprint density at radius 2 is 1.74 bits per heavy atom. The molecule has 0 aliphatic rings. The molecule has 0 aliphatic heterocycles. The molecule has 10 heteroatoms. The number of benzene rings is 2. The van der Waals surface area contributed by atoms with Crippen molar-refractivity contribution in [1.82, 2.24) is 24.1 Å². The highest BCUT2D eigenvalue weighted by Gasteiger charge is 2.17. The zero-order valence-electron chi connectivity index (χ0n) is 17.1. The van der Waals surface area contributed by atoms with Crippen molar-refractivity contribution < 1.29 is 13.2 Å². The molecule has 0 atom stereocenters. The van der Waals surface area contributed by atoms with E-state index < -0.39 is 10.0 Å². The van der Waals surface area contributed by atoms with E-state index in [1.165, 1.54) is 38.4 Å². The first-order valence-electron chi connectivity index (χ1n) is 9.39. The van der Waals surface area contributed by atoms with E-state index >= 15 is 0 Å². The lowest BCUT2D eigenvalue weighted by Crippen LogP contribution is -2.22. The molecule has 0 bridgehead atoms. The van der Waals surface area contributed by atoms with E-state index in [4.69, 9.17) is 0 Å². The number of hydrogen-bond acceptors (Lipinski definition) is 6. The normalized spacial score (nSPS) is 11.7. The number of amides is 1. The SMILES string of the molecule is Cc1nnc2ccc(-c3cccc(NC(=O)c4ccc(S(=O)(=O)N(C)C)cc4)c3)nn12. The quantitative estimate of drug-likeness (QED) is 0.515. The Morgan fingerprint density at radius 3 is 2.45 bits per heavy atom. The van der Waals surface area contributed by atoms with Crippen LogP contribution in [-0.2, 0) is 10.0 Å². The molecular formula is C21H20N6O3S. The lowest BCUT2D eigenvalue weighted by molar-refractivity contribution is 0.102. The third kappa shape index (κ3) is 4.03. The molecule has 2 aromatic carbocycles. The molecule has 1 amide bonds. The Morgan fingerprint density at radius 1 is 1.00 bits per heavy atom. The van der Waals surface area contributed by atoms with Crippen LogP contribution in [0, 0.1) is 6.92 Å². The van der Waals surface area contributed by atoms with Gasteiger partial charge in [-0.1, -0.05) is 12.1 Å². The van der Waals surface area contributed by atoms with Crippen molar-refractivity contribution in [3.05, 3.63) is 72.1 Å². The van der Waals surface area contributed by atoms with Gasteiger partial charge in [0.25, 0.3) is 5.91 Å². The van der Waals surface area contributed by atoms with Gasteiger partial charge in [-0.05, 0) is 55.5 Å². The second kappa shape index (κ2) is 7.89. The van der Waals surface area contributed by atoms with Crippen LogP contribution in [0.25, 0.3) is 16.9 Å². The van der Waals surface area contributed by atoms with Crippen molar-refractivity contribution in [2.75, 3.05) is 19.4 Å². The van der Waals surface area contributed by atoms with Gasteiger partial charge in [-0.2, -0.15) is 9.61 Å². The third-order valence-corrected chi connectivity index (χ3v) is 6.56. The summed E-state index contributed by atoms with van der Waals surface area (Å²) in [5, 5.41) is 15.4. The van der Waals surface area contributed by atoms with Gasteiger partial charge >= 0.3 is 0 Å². The fourth-order valence-corrected chi connectivity index (χ4v) is 3.90.